The molecule has 0 spiro atoms. The number of benzene rings is 1. The molecule has 0 aliphatic carbocycles. The van der Waals surface area contributed by atoms with Crippen LogP contribution in [-0.2, 0) is 9.84 Å². The molecule has 1 aromatic heterocycles. The Hall–Kier alpha value is -1.11. The molecule has 1 aliphatic heterocycles. The zero-order chi connectivity index (χ0) is 11.9. The predicted molar refractivity (Wildman–Crippen MR) is 69.7 cm³/mol. The van der Waals surface area contributed by atoms with E-state index in [9.17, 15) is 8.42 Å². The molecular weight excluding hydrogens is 276 g/mol. The maximum atomic E-state index is 12.2. The Bertz CT molecular complexity index is 614. The van der Waals surface area contributed by atoms with Gasteiger partial charge < -0.3 is 9.73 Å². The summed E-state index contributed by atoms with van der Waals surface area (Å²) in [4.78, 5) is 4.05. The van der Waals surface area contributed by atoms with E-state index in [0.717, 1.165) is 6.54 Å². The second kappa shape index (κ2) is 4.87. The highest BCUT2D eigenvalue weighted by Gasteiger charge is 2.34. The number of para-hydroxylation sites is 2. The van der Waals surface area contributed by atoms with Gasteiger partial charge in [0.1, 0.15) is 5.52 Å². The highest BCUT2D eigenvalue weighted by molar-refractivity contribution is 7.91. The summed E-state index contributed by atoms with van der Waals surface area (Å²) in [6.07, 6.45) is 0.612. The van der Waals surface area contributed by atoms with Gasteiger partial charge >= 0.3 is 5.22 Å². The fourth-order valence-electron chi connectivity index (χ4n) is 2.01. The van der Waals surface area contributed by atoms with Crippen LogP contribution < -0.4 is 5.32 Å². The van der Waals surface area contributed by atoms with Gasteiger partial charge in [-0.2, -0.15) is 4.98 Å². The summed E-state index contributed by atoms with van der Waals surface area (Å²) in [5, 5.41) is 2.45. The van der Waals surface area contributed by atoms with Crippen molar-refractivity contribution in [2.24, 2.45) is 0 Å². The van der Waals surface area contributed by atoms with Crippen LogP contribution in [0.15, 0.2) is 33.9 Å². The van der Waals surface area contributed by atoms with Crippen LogP contribution >= 0.6 is 12.4 Å². The number of aromatic nitrogens is 1. The van der Waals surface area contributed by atoms with Gasteiger partial charge in [0.25, 0.3) is 0 Å². The average molecular weight is 289 g/mol. The molecule has 0 radical (unpaired) electrons. The minimum absolute atomic E-state index is 0. The fraction of sp³-hybridized carbons (Fsp3) is 0.364. The third-order valence-electron chi connectivity index (χ3n) is 2.97. The lowest BCUT2D eigenvalue weighted by Gasteiger charge is -2.05. The molecule has 2 heterocycles. The number of rotatable bonds is 2. The number of fused-ring (bicyclic) bond motifs is 1. The Labute approximate surface area is 111 Å². The molecule has 1 fully saturated rings. The molecule has 7 heteroatoms. The van der Waals surface area contributed by atoms with E-state index in [1.807, 2.05) is 0 Å². The molecular formula is C11H13ClN2O3S. The molecule has 1 aliphatic rings. The first kappa shape index (κ1) is 13.3. The number of halogens is 1. The Morgan fingerprint density at radius 3 is 2.78 bits per heavy atom. The first-order valence-corrected chi connectivity index (χ1v) is 7.03. The topological polar surface area (TPSA) is 72.2 Å². The van der Waals surface area contributed by atoms with Crippen LogP contribution in [-0.4, -0.2) is 31.7 Å². The van der Waals surface area contributed by atoms with Crippen LogP contribution in [0.5, 0.6) is 0 Å². The minimum atomic E-state index is -3.44. The van der Waals surface area contributed by atoms with E-state index in [-0.39, 0.29) is 17.6 Å². The van der Waals surface area contributed by atoms with Crippen molar-refractivity contribution in [3.63, 3.8) is 0 Å². The van der Waals surface area contributed by atoms with Crippen LogP contribution in [0.2, 0.25) is 0 Å². The van der Waals surface area contributed by atoms with E-state index in [0.29, 0.717) is 24.1 Å². The van der Waals surface area contributed by atoms with Crippen LogP contribution in [0.1, 0.15) is 6.42 Å². The molecule has 1 atom stereocenters. The van der Waals surface area contributed by atoms with Crippen LogP contribution in [0.25, 0.3) is 11.1 Å². The van der Waals surface area contributed by atoms with Crippen molar-refractivity contribution in [1.29, 1.82) is 0 Å². The highest BCUT2D eigenvalue weighted by atomic mass is 35.5. The van der Waals surface area contributed by atoms with Gasteiger partial charge in [0.05, 0.1) is 5.25 Å². The van der Waals surface area contributed by atoms with Crippen molar-refractivity contribution in [2.75, 3.05) is 13.1 Å². The predicted octanol–water partition coefficient (Wildman–Crippen LogP) is 1.39. The fourth-order valence-corrected chi connectivity index (χ4v) is 3.49. The molecule has 0 bridgehead atoms. The van der Waals surface area contributed by atoms with E-state index in [4.69, 9.17) is 4.42 Å². The van der Waals surface area contributed by atoms with Crippen molar-refractivity contribution in [3.05, 3.63) is 24.3 Å². The summed E-state index contributed by atoms with van der Waals surface area (Å²) in [5.41, 5.74) is 1.09. The van der Waals surface area contributed by atoms with E-state index >= 15 is 0 Å². The van der Waals surface area contributed by atoms with Gasteiger partial charge in [0, 0.05) is 6.54 Å². The monoisotopic (exact) mass is 288 g/mol. The van der Waals surface area contributed by atoms with E-state index in [2.05, 4.69) is 10.3 Å². The number of hydrogen-bond donors (Lipinski definition) is 1. The molecule has 1 N–H and O–H groups in total. The average Bonchev–Trinajstić information content (AvgIpc) is 2.98. The molecule has 0 amide bonds. The number of oxazole rings is 1. The second-order valence-corrected chi connectivity index (χ2v) is 6.21. The summed E-state index contributed by atoms with van der Waals surface area (Å²) >= 11 is 0. The number of nitrogens with one attached hydrogen (secondary N) is 1. The van der Waals surface area contributed by atoms with Gasteiger partial charge in [0.15, 0.2) is 5.58 Å². The molecule has 1 aromatic carbocycles. The maximum absolute atomic E-state index is 12.2. The van der Waals surface area contributed by atoms with Crippen molar-refractivity contribution in [3.8, 4) is 0 Å². The molecule has 18 heavy (non-hydrogen) atoms. The van der Waals surface area contributed by atoms with Gasteiger partial charge in [-0.05, 0) is 25.1 Å². The summed E-state index contributed by atoms with van der Waals surface area (Å²) in [5.74, 6) is 0. The standard InChI is InChI=1S/C11H12N2O3S.ClH/c14-17(15,8-5-6-12-7-8)11-13-9-3-1-2-4-10(9)16-11;/h1-4,8,12H,5-7H2;1H/t8-;/m1./s1. The summed E-state index contributed by atoms with van der Waals surface area (Å²) in [6, 6.07) is 7.05. The van der Waals surface area contributed by atoms with Gasteiger partial charge in [-0.25, -0.2) is 8.42 Å². The normalized spacial score (nSPS) is 19.9. The van der Waals surface area contributed by atoms with Gasteiger partial charge in [-0.15, -0.1) is 12.4 Å². The third-order valence-corrected chi connectivity index (χ3v) is 4.91. The Morgan fingerprint density at radius 1 is 1.33 bits per heavy atom. The number of hydrogen-bond acceptors (Lipinski definition) is 5. The molecule has 1 saturated heterocycles. The Balaban J connectivity index is 0.00000120. The second-order valence-electron chi connectivity index (χ2n) is 4.11. The maximum Gasteiger partial charge on any atom is 0.316 e. The zero-order valence-corrected chi connectivity index (χ0v) is 11.1. The summed E-state index contributed by atoms with van der Waals surface area (Å²) < 4.78 is 29.7. The van der Waals surface area contributed by atoms with Gasteiger partial charge in [-0.3, -0.25) is 0 Å². The lowest BCUT2D eigenvalue weighted by Crippen LogP contribution is -2.24. The van der Waals surface area contributed by atoms with E-state index < -0.39 is 15.1 Å². The first-order chi connectivity index (χ1) is 8.18. The third kappa shape index (κ3) is 2.11. The van der Waals surface area contributed by atoms with Crippen molar-refractivity contribution < 1.29 is 12.8 Å². The molecule has 0 unspecified atom stereocenters. The SMILES string of the molecule is Cl.O=S(=O)(c1nc2ccccc2o1)[C@@H]1CCNC1. The molecule has 3 rings (SSSR count). The first-order valence-electron chi connectivity index (χ1n) is 5.48. The molecule has 2 aromatic rings. The summed E-state index contributed by atoms with van der Waals surface area (Å²) in [6.45, 7) is 1.20. The number of nitrogens with zero attached hydrogens (tertiary/aromatic N) is 1. The number of sulfone groups is 1. The van der Waals surface area contributed by atoms with Gasteiger partial charge in [-0.1, -0.05) is 12.1 Å². The smallest absolute Gasteiger partial charge is 0.316 e. The Morgan fingerprint density at radius 2 is 2.11 bits per heavy atom. The lowest BCUT2D eigenvalue weighted by molar-refractivity contribution is 0.454. The van der Waals surface area contributed by atoms with E-state index in [1.54, 1.807) is 24.3 Å². The van der Waals surface area contributed by atoms with Crippen LogP contribution in [0.4, 0.5) is 0 Å². The van der Waals surface area contributed by atoms with Gasteiger partial charge in [0.2, 0.25) is 9.84 Å². The lowest BCUT2D eigenvalue weighted by atomic mass is 10.3. The van der Waals surface area contributed by atoms with Crippen LogP contribution in [0, 0.1) is 0 Å². The molecule has 5 nitrogen and oxygen atoms in total. The minimum Gasteiger partial charge on any atom is -0.428 e. The Kier molecular flexibility index (Phi) is 3.61. The molecule has 98 valence electrons. The van der Waals surface area contributed by atoms with Crippen LogP contribution in [0.3, 0.4) is 0 Å². The van der Waals surface area contributed by atoms with E-state index in [1.165, 1.54) is 0 Å². The summed E-state index contributed by atoms with van der Waals surface area (Å²) in [7, 11) is -3.44. The molecule has 0 saturated carbocycles. The van der Waals surface area contributed by atoms with Crippen molar-refractivity contribution >= 4 is 33.3 Å². The van der Waals surface area contributed by atoms with Crippen molar-refractivity contribution in [1.82, 2.24) is 10.3 Å². The largest absolute Gasteiger partial charge is 0.428 e. The van der Waals surface area contributed by atoms with Crippen molar-refractivity contribution in [2.45, 2.75) is 16.9 Å². The highest BCUT2D eigenvalue weighted by Crippen LogP contribution is 2.23. The zero-order valence-electron chi connectivity index (χ0n) is 9.50. The quantitative estimate of drug-likeness (QED) is 0.904.